The van der Waals surface area contributed by atoms with Crippen molar-refractivity contribution in [3.05, 3.63) is 101 Å². The normalized spacial score (nSPS) is 12.1. The van der Waals surface area contributed by atoms with Gasteiger partial charge >= 0.3 is 0 Å². The van der Waals surface area contributed by atoms with E-state index in [0.717, 1.165) is 34.5 Å². The maximum absolute atomic E-state index is 14.7. The zero-order valence-electron chi connectivity index (χ0n) is 16.9. The lowest BCUT2D eigenvalue weighted by Gasteiger charge is -2.18. The summed E-state index contributed by atoms with van der Waals surface area (Å²) in [4.78, 5) is 16.1. The molecule has 0 aliphatic heterocycles. The molecule has 158 valence electrons. The van der Waals surface area contributed by atoms with Gasteiger partial charge in [-0.2, -0.15) is 0 Å². The summed E-state index contributed by atoms with van der Waals surface area (Å²) in [5.41, 5.74) is 3.48. The minimum atomic E-state index is -0.708. The highest BCUT2D eigenvalue weighted by molar-refractivity contribution is 5.93. The summed E-state index contributed by atoms with van der Waals surface area (Å²) in [6.07, 6.45) is 2.53. The number of hydrogen-bond donors (Lipinski definition) is 2. The van der Waals surface area contributed by atoms with Crippen LogP contribution in [-0.4, -0.2) is 10.9 Å². The van der Waals surface area contributed by atoms with Gasteiger partial charge in [0.25, 0.3) is 0 Å². The number of aromatic amines is 1. The van der Waals surface area contributed by atoms with Gasteiger partial charge in [-0.3, -0.25) is 4.79 Å². The van der Waals surface area contributed by atoms with Crippen molar-refractivity contribution in [3.8, 4) is 0 Å². The zero-order valence-corrected chi connectivity index (χ0v) is 16.9. The number of halogens is 3. The summed E-state index contributed by atoms with van der Waals surface area (Å²) in [5.74, 6) is -2.79. The molecule has 0 radical (unpaired) electrons. The molecule has 31 heavy (non-hydrogen) atoms. The van der Waals surface area contributed by atoms with Crippen molar-refractivity contribution in [2.45, 2.75) is 25.7 Å². The maximum Gasteiger partial charge on any atom is 0.225 e. The molecule has 3 aromatic carbocycles. The third-order valence-electron chi connectivity index (χ3n) is 5.45. The number of aromatic nitrogens is 1. The third kappa shape index (κ3) is 4.33. The van der Waals surface area contributed by atoms with Crippen molar-refractivity contribution >= 4 is 22.5 Å². The van der Waals surface area contributed by atoms with E-state index in [1.165, 1.54) is 36.4 Å². The number of para-hydroxylation sites is 1. The topological polar surface area (TPSA) is 44.9 Å². The van der Waals surface area contributed by atoms with Gasteiger partial charge in [-0.25, -0.2) is 13.2 Å². The average molecular weight is 422 g/mol. The van der Waals surface area contributed by atoms with Crippen molar-refractivity contribution in [1.82, 2.24) is 4.98 Å². The maximum atomic E-state index is 14.7. The van der Waals surface area contributed by atoms with Crippen LogP contribution < -0.4 is 5.32 Å². The molecule has 0 fully saturated rings. The van der Waals surface area contributed by atoms with Gasteiger partial charge in [0.15, 0.2) is 0 Å². The van der Waals surface area contributed by atoms with Gasteiger partial charge in [0.1, 0.15) is 17.5 Å². The fourth-order valence-corrected chi connectivity index (χ4v) is 3.92. The van der Waals surface area contributed by atoms with Gasteiger partial charge in [-0.05, 0) is 53.4 Å². The first-order valence-corrected chi connectivity index (χ1v) is 10.1. The van der Waals surface area contributed by atoms with Gasteiger partial charge in [0.2, 0.25) is 5.91 Å². The van der Waals surface area contributed by atoms with Crippen molar-refractivity contribution in [2.24, 2.45) is 0 Å². The van der Waals surface area contributed by atoms with E-state index < -0.39 is 23.4 Å². The molecule has 3 nitrogen and oxygen atoms in total. The standard InChI is InChI=1S/C25H21F3N2O/c1-2-15-4-3-5-20-22(14-29-25(15)20)21(19-11-8-17(27)12-23(19)28)13-24(31)30-18-9-6-16(26)7-10-18/h3-12,14,21,29H,2,13H2,1H3,(H,30,31). The largest absolute Gasteiger partial charge is 0.361 e. The third-order valence-corrected chi connectivity index (χ3v) is 5.45. The number of aryl methyl sites for hydroxylation is 1. The number of amides is 1. The van der Waals surface area contributed by atoms with Gasteiger partial charge in [0.05, 0.1) is 0 Å². The first-order chi connectivity index (χ1) is 15.0. The SMILES string of the molecule is CCc1cccc2c(C(CC(=O)Nc3ccc(F)cc3)c3ccc(F)cc3F)c[nH]c12. The lowest BCUT2D eigenvalue weighted by Crippen LogP contribution is -2.17. The number of H-pyrrole nitrogens is 1. The van der Waals surface area contributed by atoms with E-state index in [1.807, 2.05) is 25.1 Å². The van der Waals surface area contributed by atoms with Crippen LogP contribution in [0, 0.1) is 17.5 Å². The first-order valence-electron chi connectivity index (χ1n) is 10.1. The van der Waals surface area contributed by atoms with Gasteiger partial charge in [0, 0.05) is 41.2 Å². The number of fused-ring (bicyclic) bond motifs is 1. The van der Waals surface area contributed by atoms with E-state index in [4.69, 9.17) is 0 Å². The molecule has 6 heteroatoms. The Morgan fingerprint density at radius 1 is 0.968 bits per heavy atom. The molecule has 1 unspecified atom stereocenters. The number of hydrogen-bond acceptors (Lipinski definition) is 1. The number of carbonyl (C=O) groups is 1. The van der Waals surface area contributed by atoms with Crippen LogP contribution in [0.1, 0.15) is 36.0 Å². The smallest absolute Gasteiger partial charge is 0.225 e. The van der Waals surface area contributed by atoms with E-state index in [-0.39, 0.29) is 17.9 Å². The van der Waals surface area contributed by atoms with Crippen molar-refractivity contribution < 1.29 is 18.0 Å². The van der Waals surface area contributed by atoms with Crippen LogP contribution in [0.25, 0.3) is 10.9 Å². The highest BCUT2D eigenvalue weighted by atomic mass is 19.1. The van der Waals surface area contributed by atoms with Crippen molar-refractivity contribution in [2.75, 3.05) is 5.32 Å². The van der Waals surface area contributed by atoms with E-state index >= 15 is 0 Å². The minimum absolute atomic E-state index is 0.0662. The van der Waals surface area contributed by atoms with Crippen LogP contribution in [0.15, 0.2) is 66.9 Å². The molecule has 0 saturated heterocycles. The molecular formula is C25H21F3N2O. The predicted molar refractivity (Wildman–Crippen MR) is 116 cm³/mol. The number of carbonyl (C=O) groups excluding carboxylic acids is 1. The van der Waals surface area contributed by atoms with E-state index in [2.05, 4.69) is 10.3 Å². The first kappa shape index (κ1) is 20.7. The Morgan fingerprint density at radius 2 is 1.71 bits per heavy atom. The Bertz CT molecular complexity index is 1230. The van der Waals surface area contributed by atoms with E-state index in [9.17, 15) is 18.0 Å². The Hall–Kier alpha value is -3.54. The Balaban J connectivity index is 1.73. The molecule has 1 atom stereocenters. The van der Waals surface area contributed by atoms with E-state index in [0.29, 0.717) is 5.69 Å². The molecule has 4 aromatic rings. The highest BCUT2D eigenvalue weighted by Gasteiger charge is 2.25. The van der Waals surface area contributed by atoms with Crippen LogP contribution >= 0.6 is 0 Å². The number of benzene rings is 3. The summed E-state index contributed by atoms with van der Waals surface area (Å²) in [6, 6.07) is 14.7. The van der Waals surface area contributed by atoms with Crippen molar-refractivity contribution in [1.29, 1.82) is 0 Å². The molecule has 0 aliphatic rings. The molecule has 4 rings (SSSR count). The molecule has 1 aromatic heterocycles. The lowest BCUT2D eigenvalue weighted by atomic mass is 9.87. The summed E-state index contributed by atoms with van der Waals surface area (Å²) < 4.78 is 41.4. The number of rotatable bonds is 6. The quantitative estimate of drug-likeness (QED) is 0.376. The van der Waals surface area contributed by atoms with Crippen LogP contribution in [-0.2, 0) is 11.2 Å². The molecule has 0 aliphatic carbocycles. The summed E-state index contributed by atoms with van der Waals surface area (Å²) in [5, 5.41) is 3.61. The van der Waals surface area contributed by atoms with Crippen LogP contribution in [0.2, 0.25) is 0 Å². The molecule has 0 saturated carbocycles. The Labute approximate surface area is 177 Å². The highest BCUT2D eigenvalue weighted by Crippen LogP contribution is 2.36. The van der Waals surface area contributed by atoms with Crippen LogP contribution in [0.3, 0.4) is 0 Å². The monoisotopic (exact) mass is 422 g/mol. The second-order valence-corrected chi connectivity index (χ2v) is 7.41. The molecular weight excluding hydrogens is 401 g/mol. The van der Waals surface area contributed by atoms with Crippen molar-refractivity contribution in [3.63, 3.8) is 0 Å². The molecule has 2 N–H and O–H groups in total. The average Bonchev–Trinajstić information content (AvgIpc) is 3.18. The minimum Gasteiger partial charge on any atom is -0.361 e. The molecule has 0 spiro atoms. The van der Waals surface area contributed by atoms with E-state index in [1.54, 1.807) is 6.20 Å². The lowest BCUT2D eigenvalue weighted by molar-refractivity contribution is -0.116. The Morgan fingerprint density at radius 3 is 2.42 bits per heavy atom. The fourth-order valence-electron chi connectivity index (χ4n) is 3.92. The molecule has 1 heterocycles. The fraction of sp³-hybridized carbons (Fsp3) is 0.160. The molecule has 0 bridgehead atoms. The summed E-state index contributed by atoms with van der Waals surface area (Å²) in [7, 11) is 0. The Kier molecular flexibility index (Phi) is 5.80. The van der Waals surface area contributed by atoms with Gasteiger partial charge in [-0.1, -0.05) is 31.2 Å². The summed E-state index contributed by atoms with van der Waals surface area (Å²) >= 11 is 0. The predicted octanol–water partition coefficient (Wildman–Crippen LogP) is 6.31. The van der Waals surface area contributed by atoms with Gasteiger partial charge in [-0.15, -0.1) is 0 Å². The van der Waals surface area contributed by atoms with Gasteiger partial charge < -0.3 is 10.3 Å². The zero-order chi connectivity index (χ0) is 22.0. The van der Waals surface area contributed by atoms with Crippen LogP contribution in [0.4, 0.5) is 18.9 Å². The summed E-state index contributed by atoms with van der Waals surface area (Å²) in [6.45, 7) is 2.04. The second kappa shape index (κ2) is 8.68. The second-order valence-electron chi connectivity index (χ2n) is 7.41. The molecule has 1 amide bonds. The number of anilines is 1. The van der Waals surface area contributed by atoms with Crippen LogP contribution in [0.5, 0.6) is 0 Å². The number of nitrogens with one attached hydrogen (secondary N) is 2.